The molecule has 0 radical (unpaired) electrons. The van der Waals surface area contributed by atoms with Crippen LogP contribution in [0.1, 0.15) is 57.6 Å². The molecular weight excluding hydrogens is 477 g/mol. The molecule has 2 heterocycles. The number of aliphatic imine (C=N–C) groups is 1. The first-order chi connectivity index (χ1) is 17.0. The number of fused-ring (bicyclic) bond motifs is 1. The minimum Gasteiger partial charge on any atom is -0.480 e. The zero-order valence-corrected chi connectivity index (χ0v) is 20.7. The average Bonchev–Trinajstić information content (AvgIpc) is 3.61. The van der Waals surface area contributed by atoms with Crippen LogP contribution < -0.4 is 15.8 Å². The number of nitrogens with zero attached hydrogens (tertiary/aromatic N) is 2. The molecule has 36 heavy (non-hydrogen) atoms. The standard InChI is InChI=1S/C25H33F3N4O4/c1-4-24(2)13-21(33)32(23(29)31-24)18(9-10-35-3)15-11-16(15)22(34)30-17-12-20(25(26,27)28)36-19-8-6-5-7-14(17)19/h5-8,15-18,20H,4,9-13H2,1-3H3,(H2,29,31)(H,30,34)/t15-,16-,17+,18+,20-,24-/m1/s1. The van der Waals surface area contributed by atoms with Gasteiger partial charge in [0.1, 0.15) is 5.75 Å². The highest BCUT2D eigenvalue weighted by atomic mass is 19.4. The zero-order chi connectivity index (χ0) is 26.3. The van der Waals surface area contributed by atoms with E-state index in [1.54, 1.807) is 25.3 Å². The molecule has 1 saturated carbocycles. The van der Waals surface area contributed by atoms with Crippen molar-refractivity contribution in [2.24, 2.45) is 22.6 Å². The monoisotopic (exact) mass is 510 g/mol. The second-order valence-corrected chi connectivity index (χ2v) is 10.1. The second-order valence-electron chi connectivity index (χ2n) is 10.1. The smallest absolute Gasteiger partial charge is 0.425 e. The van der Waals surface area contributed by atoms with E-state index in [-0.39, 0.29) is 41.9 Å². The first kappa shape index (κ1) is 26.2. The van der Waals surface area contributed by atoms with E-state index in [0.29, 0.717) is 31.4 Å². The number of hydrogen-bond donors (Lipinski definition) is 2. The first-order valence-electron chi connectivity index (χ1n) is 12.3. The minimum absolute atomic E-state index is 0.114. The molecule has 11 heteroatoms. The van der Waals surface area contributed by atoms with Crippen LogP contribution in [-0.2, 0) is 14.3 Å². The van der Waals surface area contributed by atoms with E-state index in [2.05, 4.69) is 10.3 Å². The van der Waals surface area contributed by atoms with Gasteiger partial charge < -0.3 is 20.5 Å². The lowest BCUT2D eigenvalue weighted by molar-refractivity contribution is -0.201. The number of nitrogens with one attached hydrogen (secondary N) is 1. The fraction of sp³-hybridized carbons (Fsp3) is 0.640. The summed E-state index contributed by atoms with van der Waals surface area (Å²) in [6.45, 7) is 4.19. The number of ether oxygens (including phenoxy) is 2. The number of para-hydroxylation sites is 1. The summed E-state index contributed by atoms with van der Waals surface area (Å²) in [7, 11) is 1.55. The highest BCUT2D eigenvalue weighted by molar-refractivity contribution is 5.99. The molecule has 0 saturated heterocycles. The van der Waals surface area contributed by atoms with Gasteiger partial charge in [0.05, 0.1) is 18.0 Å². The molecule has 2 aliphatic heterocycles. The lowest BCUT2D eigenvalue weighted by Crippen LogP contribution is -2.56. The van der Waals surface area contributed by atoms with Crippen LogP contribution in [0.4, 0.5) is 13.2 Å². The number of benzene rings is 1. The summed E-state index contributed by atoms with van der Waals surface area (Å²) in [5.74, 6) is -0.893. The summed E-state index contributed by atoms with van der Waals surface area (Å²) in [6, 6.07) is 5.21. The Bertz CT molecular complexity index is 1030. The summed E-state index contributed by atoms with van der Waals surface area (Å²) in [4.78, 5) is 32.3. The van der Waals surface area contributed by atoms with Crippen molar-refractivity contribution in [1.29, 1.82) is 0 Å². The summed E-state index contributed by atoms with van der Waals surface area (Å²) in [5.41, 5.74) is 6.19. The Kier molecular flexibility index (Phi) is 7.23. The van der Waals surface area contributed by atoms with E-state index in [0.717, 1.165) is 0 Å². The summed E-state index contributed by atoms with van der Waals surface area (Å²) < 4.78 is 50.7. The molecule has 0 spiro atoms. The van der Waals surface area contributed by atoms with Crippen LogP contribution in [0.5, 0.6) is 5.75 Å². The van der Waals surface area contributed by atoms with Gasteiger partial charge in [-0.1, -0.05) is 25.1 Å². The van der Waals surface area contributed by atoms with Gasteiger partial charge in [0.25, 0.3) is 0 Å². The van der Waals surface area contributed by atoms with Gasteiger partial charge in [0.2, 0.25) is 11.8 Å². The fourth-order valence-electron chi connectivity index (χ4n) is 5.22. The van der Waals surface area contributed by atoms with Gasteiger partial charge in [0, 0.05) is 37.7 Å². The summed E-state index contributed by atoms with van der Waals surface area (Å²) >= 11 is 0. The lowest BCUT2D eigenvalue weighted by Gasteiger charge is -2.39. The van der Waals surface area contributed by atoms with Crippen molar-refractivity contribution in [2.75, 3.05) is 13.7 Å². The van der Waals surface area contributed by atoms with Gasteiger partial charge in [0.15, 0.2) is 12.1 Å². The highest BCUT2D eigenvalue weighted by Crippen LogP contribution is 2.47. The Morgan fingerprint density at radius 3 is 2.72 bits per heavy atom. The quantitative estimate of drug-likeness (QED) is 0.558. The maximum Gasteiger partial charge on any atom is 0.425 e. The molecule has 4 rings (SSSR count). The van der Waals surface area contributed by atoms with Crippen molar-refractivity contribution in [3.05, 3.63) is 29.8 Å². The van der Waals surface area contributed by atoms with Crippen molar-refractivity contribution in [3.8, 4) is 5.75 Å². The summed E-state index contributed by atoms with van der Waals surface area (Å²) in [6.07, 6.45) is -5.12. The third-order valence-corrected chi connectivity index (χ3v) is 7.51. The van der Waals surface area contributed by atoms with Gasteiger partial charge in [-0.2, -0.15) is 13.2 Å². The Morgan fingerprint density at radius 1 is 1.36 bits per heavy atom. The average molecular weight is 511 g/mol. The lowest BCUT2D eigenvalue weighted by atomic mass is 9.92. The van der Waals surface area contributed by atoms with Gasteiger partial charge in [-0.15, -0.1) is 0 Å². The van der Waals surface area contributed by atoms with Crippen LogP contribution in [0.3, 0.4) is 0 Å². The van der Waals surface area contributed by atoms with E-state index in [1.807, 2.05) is 13.8 Å². The van der Waals surface area contributed by atoms with Crippen molar-refractivity contribution in [3.63, 3.8) is 0 Å². The van der Waals surface area contributed by atoms with Crippen LogP contribution in [0, 0.1) is 11.8 Å². The number of hydrogen-bond acceptors (Lipinski definition) is 6. The normalized spacial score (nSPS) is 30.7. The topological polar surface area (TPSA) is 106 Å². The zero-order valence-electron chi connectivity index (χ0n) is 20.7. The molecule has 1 aliphatic carbocycles. The molecule has 3 N–H and O–H groups in total. The molecule has 1 aromatic carbocycles. The third kappa shape index (κ3) is 5.30. The largest absolute Gasteiger partial charge is 0.480 e. The Balaban J connectivity index is 1.50. The Morgan fingerprint density at radius 2 is 2.08 bits per heavy atom. The van der Waals surface area contributed by atoms with Gasteiger partial charge in [-0.3, -0.25) is 14.5 Å². The summed E-state index contributed by atoms with van der Waals surface area (Å²) in [5, 5.41) is 2.81. The molecule has 0 unspecified atom stereocenters. The van der Waals surface area contributed by atoms with Crippen LogP contribution in [-0.4, -0.2) is 60.3 Å². The maximum absolute atomic E-state index is 13.5. The molecule has 1 aromatic rings. The first-order valence-corrected chi connectivity index (χ1v) is 12.3. The number of rotatable bonds is 8. The second kappa shape index (κ2) is 9.91. The number of nitrogens with two attached hydrogens (primary N) is 1. The molecule has 0 aromatic heterocycles. The van der Waals surface area contributed by atoms with Crippen LogP contribution in [0.15, 0.2) is 29.3 Å². The Labute approximate surface area is 208 Å². The van der Waals surface area contributed by atoms with E-state index in [4.69, 9.17) is 15.2 Å². The molecule has 6 atom stereocenters. The van der Waals surface area contributed by atoms with E-state index in [1.165, 1.54) is 11.0 Å². The Hall–Kier alpha value is -2.82. The van der Waals surface area contributed by atoms with Crippen molar-refractivity contribution in [2.45, 2.75) is 75.9 Å². The number of carbonyl (C=O) groups is 2. The van der Waals surface area contributed by atoms with Crippen LogP contribution >= 0.6 is 0 Å². The SMILES string of the molecule is CC[C@]1(C)CC(=O)N([C@@H](CCOC)[C@@H]2C[C@H]2C(=O)N[C@H]2C[C@H](C(F)(F)F)Oc3ccccc32)C(N)=N1. The highest BCUT2D eigenvalue weighted by Gasteiger charge is 2.53. The van der Waals surface area contributed by atoms with E-state index >= 15 is 0 Å². The molecule has 1 fully saturated rings. The molecule has 3 aliphatic rings. The molecular formula is C25H33F3N4O4. The number of alkyl halides is 3. The number of guanidine groups is 1. The minimum atomic E-state index is -4.55. The van der Waals surface area contributed by atoms with E-state index < -0.39 is 36.2 Å². The molecule has 0 bridgehead atoms. The molecule has 8 nitrogen and oxygen atoms in total. The number of amides is 2. The molecule has 2 amide bonds. The number of halogens is 3. The predicted octanol–water partition coefficient (Wildman–Crippen LogP) is 3.31. The van der Waals surface area contributed by atoms with Gasteiger partial charge in [-0.05, 0) is 38.2 Å². The van der Waals surface area contributed by atoms with Crippen molar-refractivity contribution < 1.29 is 32.2 Å². The third-order valence-electron chi connectivity index (χ3n) is 7.51. The number of methoxy groups -OCH3 is 1. The fourth-order valence-corrected chi connectivity index (χ4v) is 5.22. The van der Waals surface area contributed by atoms with Gasteiger partial charge >= 0.3 is 6.18 Å². The number of carbonyl (C=O) groups excluding carboxylic acids is 2. The van der Waals surface area contributed by atoms with E-state index in [9.17, 15) is 22.8 Å². The van der Waals surface area contributed by atoms with Crippen LogP contribution in [0.2, 0.25) is 0 Å². The van der Waals surface area contributed by atoms with Crippen molar-refractivity contribution >= 4 is 17.8 Å². The van der Waals surface area contributed by atoms with Crippen LogP contribution in [0.25, 0.3) is 0 Å². The predicted molar refractivity (Wildman–Crippen MR) is 126 cm³/mol. The maximum atomic E-state index is 13.5. The van der Waals surface area contributed by atoms with Crippen molar-refractivity contribution in [1.82, 2.24) is 10.2 Å². The van der Waals surface area contributed by atoms with Gasteiger partial charge in [-0.25, -0.2) is 4.99 Å². The molecule has 198 valence electrons.